The maximum Gasteiger partial charge on any atom is 0.232 e. The Kier molecular flexibility index (Phi) is 4.73. The molecule has 1 heterocycles. The number of nitrogens with one attached hydrogen (secondary N) is 1. The lowest BCUT2D eigenvalue weighted by molar-refractivity contribution is -0.117. The molecule has 1 aromatic carbocycles. The topological polar surface area (TPSA) is 36.1 Å². The molecule has 0 aliphatic rings. The molecule has 1 N–H and O–H groups in total. The number of rotatable bonds is 4. The van der Waals surface area contributed by atoms with Gasteiger partial charge in [-0.25, -0.2) is 0 Å². The third-order valence-electron chi connectivity index (χ3n) is 3.34. The highest BCUT2D eigenvalue weighted by Gasteiger charge is 2.14. The van der Waals surface area contributed by atoms with Crippen LogP contribution >= 0.6 is 23.6 Å². The molecular weight excluding hydrogens is 288 g/mol. The van der Waals surface area contributed by atoms with Crippen molar-refractivity contribution in [1.29, 1.82) is 0 Å². The lowest BCUT2D eigenvalue weighted by Gasteiger charge is -2.17. The molecule has 3 nitrogen and oxygen atoms in total. The number of benzene rings is 1. The number of likely N-dealkylation sites (N-methyl/N-ethyl adjacent to an activating group) is 1. The minimum atomic E-state index is 0.0719. The van der Waals surface area contributed by atoms with Gasteiger partial charge >= 0.3 is 0 Å². The summed E-state index contributed by atoms with van der Waals surface area (Å²) in [5, 5.41) is 0. The fourth-order valence-corrected chi connectivity index (χ4v) is 3.24. The summed E-state index contributed by atoms with van der Waals surface area (Å²) in [5.41, 5.74) is 3.18. The van der Waals surface area contributed by atoms with Crippen molar-refractivity contribution in [3.8, 4) is 0 Å². The number of carbonyl (C=O) groups is 1. The zero-order valence-corrected chi connectivity index (χ0v) is 13.5. The van der Waals surface area contributed by atoms with Gasteiger partial charge in [0.25, 0.3) is 0 Å². The number of aromatic nitrogens is 1. The molecule has 0 aliphatic heterocycles. The first-order chi connectivity index (χ1) is 9.51. The van der Waals surface area contributed by atoms with E-state index in [1.165, 1.54) is 16.9 Å². The van der Waals surface area contributed by atoms with Gasteiger partial charge in [-0.05, 0) is 43.3 Å². The molecule has 0 saturated carbocycles. The molecule has 106 valence electrons. The fraction of sp³-hybridized carbons (Fsp3) is 0.333. The number of aryl methyl sites for hydroxylation is 2. The van der Waals surface area contributed by atoms with Gasteiger partial charge in [0.2, 0.25) is 5.91 Å². The van der Waals surface area contributed by atoms with Crippen molar-refractivity contribution in [1.82, 2.24) is 4.98 Å². The molecule has 2 rings (SSSR count). The van der Waals surface area contributed by atoms with Crippen molar-refractivity contribution >= 4 is 35.1 Å². The van der Waals surface area contributed by atoms with Gasteiger partial charge in [0.15, 0.2) is 3.95 Å². The Bertz CT molecular complexity index is 655. The summed E-state index contributed by atoms with van der Waals surface area (Å²) in [6, 6.07) is 8.10. The van der Waals surface area contributed by atoms with Gasteiger partial charge < -0.3 is 9.88 Å². The SMILES string of the molecule is CCc1ccc(N(C)C(=O)Cc2sc(=S)[nH]c2C)cc1. The van der Waals surface area contributed by atoms with Crippen molar-refractivity contribution in [3.05, 3.63) is 44.4 Å². The quantitative estimate of drug-likeness (QED) is 0.870. The Morgan fingerprint density at radius 3 is 2.50 bits per heavy atom. The third-order valence-corrected chi connectivity index (χ3v) is 4.68. The van der Waals surface area contributed by atoms with E-state index in [0.717, 1.165) is 26.6 Å². The molecule has 20 heavy (non-hydrogen) atoms. The number of amides is 1. The second-order valence-electron chi connectivity index (χ2n) is 4.71. The van der Waals surface area contributed by atoms with E-state index in [0.29, 0.717) is 6.42 Å². The Labute approximate surface area is 128 Å². The van der Waals surface area contributed by atoms with E-state index >= 15 is 0 Å². The van der Waals surface area contributed by atoms with Crippen LogP contribution in [0.3, 0.4) is 0 Å². The van der Waals surface area contributed by atoms with Gasteiger partial charge in [0, 0.05) is 23.3 Å². The summed E-state index contributed by atoms with van der Waals surface area (Å²) in [6.45, 7) is 4.07. The number of thiazole rings is 1. The predicted molar refractivity (Wildman–Crippen MR) is 87.2 cm³/mol. The van der Waals surface area contributed by atoms with E-state index in [4.69, 9.17) is 12.2 Å². The van der Waals surface area contributed by atoms with Gasteiger partial charge in [0.1, 0.15) is 0 Å². The summed E-state index contributed by atoms with van der Waals surface area (Å²) < 4.78 is 0.722. The van der Waals surface area contributed by atoms with E-state index in [1.54, 1.807) is 4.90 Å². The molecule has 0 radical (unpaired) electrons. The molecule has 0 spiro atoms. The van der Waals surface area contributed by atoms with E-state index in [1.807, 2.05) is 26.1 Å². The zero-order chi connectivity index (χ0) is 14.7. The summed E-state index contributed by atoms with van der Waals surface area (Å²) in [6.07, 6.45) is 1.39. The number of aromatic amines is 1. The minimum absolute atomic E-state index is 0.0719. The average molecular weight is 306 g/mol. The van der Waals surface area contributed by atoms with Crippen molar-refractivity contribution in [2.75, 3.05) is 11.9 Å². The molecule has 0 bridgehead atoms. The van der Waals surface area contributed by atoms with Gasteiger partial charge in [-0.3, -0.25) is 4.79 Å². The summed E-state index contributed by atoms with van der Waals surface area (Å²) in [5.74, 6) is 0.0719. The Morgan fingerprint density at radius 2 is 2.00 bits per heavy atom. The van der Waals surface area contributed by atoms with E-state index in [2.05, 4.69) is 24.0 Å². The van der Waals surface area contributed by atoms with Crippen LogP contribution in [0, 0.1) is 10.9 Å². The lowest BCUT2D eigenvalue weighted by Crippen LogP contribution is -2.27. The fourth-order valence-electron chi connectivity index (χ4n) is 1.96. The summed E-state index contributed by atoms with van der Waals surface area (Å²) >= 11 is 6.57. The second kappa shape index (κ2) is 6.33. The maximum absolute atomic E-state index is 12.3. The number of H-pyrrole nitrogens is 1. The molecule has 0 saturated heterocycles. The number of anilines is 1. The molecule has 1 amide bonds. The highest BCUT2D eigenvalue weighted by Crippen LogP contribution is 2.19. The van der Waals surface area contributed by atoms with Crippen LogP contribution in [0.15, 0.2) is 24.3 Å². The van der Waals surface area contributed by atoms with Crippen LogP contribution in [0.1, 0.15) is 23.1 Å². The number of nitrogens with zero attached hydrogens (tertiary/aromatic N) is 1. The molecule has 2 aromatic rings. The molecule has 0 atom stereocenters. The third kappa shape index (κ3) is 3.35. The van der Waals surface area contributed by atoms with Crippen LogP contribution in [0.2, 0.25) is 0 Å². The van der Waals surface area contributed by atoms with Gasteiger partial charge in [-0.2, -0.15) is 0 Å². The van der Waals surface area contributed by atoms with Crippen LogP contribution in [0.5, 0.6) is 0 Å². The number of carbonyl (C=O) groups excluding carboxylic acids is 1. The Morgan fingerprint density at radius 1 is 1.35 bits per heavy atom. The number of hydrogen-bond acceptors (Lipinski definition) is 3. The summed E-state index contributed by atoms with van der Waals surface area (Å²) in [4.78, 5) is 18.1. The lowest BCUT2D eigenvalue weighted by atomic mass is 10.1. The monoisotopic (exact) mass is 306 g/mol. The van der Waals surface area contributed by atoms with Gasteiger partial charge in [0.05, 0.1) is 6.42 Å². The minimum Gasteiger partial charge on any atom is -0.341 e. The van der Waals surface area contributed by atoms with Crippen molar-refractivity contribution in [2.45, 2.75) is 26.7 Å². The molecule has 5 heteroatoms. The van der Waals surface area contributed by atoms with Crippen LogP contribution < -0.4 is 4.90 Å². The van der Waals surface area contributed by atoms with E-state index in [9.17, 15) is 4.79 Å². The van der Waals surface area contributed by atoms with Crippen LogP contribution in [-0.2, 0) is 17.6 Å². The number of hydrogen-bond donors (Lipinski definition) is 1. The van der Waals surface area contributed by atoms with Gasteiger partial charge in [-0.15, -0.1) is 11.3 Å². The van der Waals surface area contributed by atoms with Crippen LogP contribution in [-0.4, -0.2) is 17.9 Å². The Hall–Kier alpha value is -1.46. The first-order valence-electron chi connectivity index (χ1n) is 6.55. The Balaban J connectivity index is 2.11. The summed E-state index contributed by atoms with van der Waals surface area (Å²) in [7, 11) is 1.81. The van der Waals surface area contributed by atoms with Crippen LogP contribution in [0.4, 0.5) is 5.69 Å². The highest BCUT2D eigenvalue weighted by atomic mass is 32.1. The van der Waals surface area contributed by atoms with Gasteiger partial charge in [-0.1, -0.05) is 19.1 Å². The molecule has 0 aliphatic carbocycles. The smallest absolute Gasteiger partial charge is 0.232 e. The standard InChI is InChI=1S/C15H18N2OS2/c1-4-11-5-7-12(8-6-11)17(3)14(18)9-13-10(2)16-15(19)20-13/h5-8H,4,9H2,1-3H3,(H,16,19). The van der Waals surface area contributed by atoms with E-state index < -0.39 is 0 Å². The molecule has 0 unspecified atom stereocenters. The molecule has 1 aromatic heterocycles. The largest absolute Gasteiger partial charge is 0.341 e. The van der Waals surface area contributed by atoms with E-state index in [-0.39, 0.29) is 5.91 Å². The molecular formula is C15H18N2OS2. The first kappa shape index (κ1) is 14.9. The first-order valence-corrected chi connectivity index (χ1v) is 7.77. The second-order valence-corrected chi connectivity index (χ2v) is 6.48. The molecule has 0 fully saturated rings. The highest BCUT2D eigenvalue weighted by molar-refractivity contribution is 7.73. The van der Waals surface area contributed by atoms with Crippen molar-refractivity contribution < 1.29 is 4.79 Å². The predicted octanol–water partition coefficient (Wildman–Crippen LogP) is 3.88. The van der Waals surface area contributed by atoms with Crippen molar-refractivity contribution in [2.24, 2.45) is 0 Å². The average Bonchev–Trinajstić information content (AvgIpc) is 2.76. The van der Waals surface area contributed by atoms with Crippen LogP contribution in [0.25, 0.3) is 0 Å². The van der Waals surface area contributed by atoms with Crippen molar-refractivity contribution in [3.63, 3.8) is 0 Å². The maximum atomic E-state index is 12.3. The normalized spacial score (nSPS) is 10.6. The zero-order valence-electron chi connectivity index (χ0n) is 11.9.